The van der Waals surface area contributed by atoms with E-state index in [0.29, 0.717) is 12.8 Å². The second-order valence-corrected chi connectivity index (χ2v) is 14.5. The molecule has 4 fully saturated rings. The van der Waals surface area contributed by atoms with E-state index in [9.17, 15) is 15.0 Å². The van der Waals surface area contributed by atoms with Gasteiger partial charge >= 0.3 is 0 Å². The van der Waals surface area contributed by atoms with Gasteiger partial charge in [-0.1, -0.05) is 62.3 Å². The van der Waals surface area contributed by atoms with Crippen molar-refractivity contribution < 1.29 is 34.0 Å². The summed E-state index contributed by atoms with van der Waals surface area (Å²) in [6.07, 6.45) is 3.08. The number of hydrogen-bond donors (Lipinski definition) is 2. The highest BCUT2D eigenvalue weighted by atomic mass is 16.8. The summed E-state index contributed by atoms with van der Waals surface area (Å²) in [5, 5.41) is 22.6. The molecule has 15 atom stereocenters. The standard InChI is InChI=1S/C33H58O7/c1-12-25(27(35)22(8)26(34)23(9)28-18(4)15-20(6)32(36,14-3)39-28)29-19(5)16-30(11,38-29)33-21(7)17-31(13-2,40-33)24(10)37-33/h18-26,28-29,34,36H,12-17H2,1-11H3/t18-,19-,20+,21+,22-,23-,24-,25-,26+,28-,29-,30-,31+,32-,33+/m0/s1. The zero-order valence-corrected chi connectivity index (χ0v) is 27.0. The topological polar surface area (TPSA) is 94.5 Å². The van der Waals surface area contributed by atoms with Crippen LogP contribution >= 0.6 is 0 Å². The highest BCUT2D eigenvalue weighted by molar-refractivity contribution is 5.84. The van der Waals surface area contributed by atoms with E-state index >= 15 is 0 Å². The van der Waals surface area contributed by atoms with Crippen molar-refractivity contribution in [1.29, 1.82) is 0 Å². The van der Waals surface area contributed by atoms with Crippen molar-refractivity contribution in [1.82, 2.24) is 0 Å². The lowest BCUT2D eigenvalue weighted by molar-refractivity contribution is -0.306. The van der Waals surface area contributed by atoms with Gasteiger partial charge in [-0.15, -0.1) is 0 Å². The van der Waals surface area contributed by atoms with Crippen LogP contribution in [0.2, 0.25) is 0 Å². The van der Waals surface area contributed by atoms with Gasteiger partial charge in [0, 0.05) is 29.6 Å². The summed E-state index contributed by atoms with van der Waals surface area (Å²) >= 11 is 0. The van der Waals surface area contributed by atoms with Crippen molar-refractivity contribution in [2.45, 2.75) is 162 Å². The lowest BCUT2D eigenvalue weighted by Gasteiger charge is -2.48. The Hall–Kier alpha value is -0.570. The Bertz CT molecular complexity index is 926. The highest BCUT2D eigenvalue weighted by Crippen LogP contribution is 2.62. The summed E-state index contributed by atoms with van der Waals surface area (Å²) in [4.78, 5) is 14.1. The zero-order chi connectivity index (χ0) is 30.0. The van der Waals surface area contributed by atoms with Gasteiger partial charge in [0.15, 0.2) is 5.79 Å². The van der Waals surface area contributed by atoms with Crippen molar-refractivity contribution in [2.75, 3.05) is 0 Å². The molecule has 4 aliphatic heterocycles. The molecular formula is C33H58O7. The monoisotopic (exact) mass is 566 g/mol. The third kappa shape index (κ3) is 4.83. The average Bonchev–Trinajstić information content (AvgIpc) is 3.51. The molecule has 0 saturated carbocycles. The molecule has 40 heavy (non-hydrogen) atoms. The van der Waals surface area contributed by atoms with Crippen LogP contribution in [0.1, 0.15) is 115 Å². The smallest absolute Gasteiger partial charge is 0.201 e. The third-order valence-corrected chi connectivity index (χ3v) is 11.9. The Kier molecular flexibility index (Phi) is 9.03. The van der Waals surface area contributed by atoms with Crippen LogP contribution < -0.4 is 0 Å². The van der Waals surface area contributed by atoms with Crippen molar-refractivity contribution >= 4 is 5.78 Å². The summed E-state index contributed by atoms with van der Waals surface area (Å²) in [5.41, 5.74) is -0.935. The Morgan fingerprint density at radius 3 is 2.10 bits per heavy atom. The van der Waals surface area contributed by atoms with Crippen LogP contribution in [0, 0.1) is 41.4 Å². The summed E-state index contributed by atoms with van der Waals surface area (Å²) in [6, 6.07) is 0. The minimum atomic E-state index is -1.20. The van der Waals surface area contributed by atoms with Crippen molar-refractivity contribution in [3.63, 3.8) is 0 Å². The fourth-order valence-electron chi connectivity index (χ4n) is 9.16. The molecule has 0 aromatic rings. The quantitative estimate of drug-likeness (QED) is 0.341. The molecule has 2 N–H and O–H groups in total. The minimum Gasteiger partial charge on any atom is -0.392 e. The van der Waals surface area contributed by atoms with Gasteiger partial charge in [0.05, 0.1) is 30.0 Å². The molecule has 0 aromatic heterocycles. The van der Waals surface area contributed by atoms with Crippen LogP contribution in [-0.4, -0.2) is 63.2 Å². The van der Waals surface area contributed by atoms with Gasteiger partial charge in [-0.25, -0.2) is 0 Å². The predicted molar refractivity (Wildman–Crippen MR) is 154 cm³/mol. The third-order valence-electron chi connectivity index (χ3n) is 11.9. The summed E-state index contributed by atoms with van der Waals surface area (Å²) in [7, 11) is 0. The van der Waals surface area contributed by atoms with Crippen LogP contribution in [0.4, 0.5) is 0 Å². The maximum absolute atomic E-state index is 14.1. The van der Waals surface area contributed by atoms with Crippen LogP contribution in [-0.2, 0) is 23.7 Å². The molecular weight excluding hydrogens is 508 g/mol. The molecule has 0 aromatic carbocycles. The average molecular weight is 567 g/mol. The highest BCUT2D eigenvalue weighted by Gasteiger charge is 2.73. The fourth-order valence-corrected chi connectivity index (χ4v) is 9.16. The molecule has 0 radical (unpaired) electrons. The van der Waals surface area contributed by atoms with Gasteiger partial charge in [-0.05, 0) is 64.2 Å². The molecule has 2 bridgehead atoms. The number of Topliss-reactive ketones (excluding diaryl/α,β-unsaturated/α-hetero) is 1. The fraction of sp³-hybridized carbons (Fsp3) is 0.970. The molecule has 4 heterocycles. The van der Waals surface area contributed by atoms with Gasteiger partial charge in [0.2, 0.25) is 5.79 Å². The largest absolute Gasteiger partial charge is 0.392 e. The van der Waals surface area contributed by atoms with E-state index in [2.05, 4.69) is 41.5 Å². The Morgan fingerprint density at radius 1 is 0.900 bits per heavy atom. The van der Waals surface area contributed by atoms with E-state index < -0.39 is 29.2 Å². The molecule has 0 aliphatic carbocycles. The van der Waals surface area contributed by atoms with Gasteiger partial charge in [-0.2, -0.15) is 0 Å². The first kappa shape index (κ1) is 32.3. The van der Waals surface area contributed by atoms with Crippen LogP contribution in [0.5, 0.6) is 0 Å². The van der Waals surface area contributed by atoms with Crippen LogP contribution in [0.3, 0.4) is 0 Å². The number of fused-ring (bicyclic) bond motifs is 2. The van der Waals surface area contributed by atoms with Gasteiger partial charge < -0.3 is 29.2 Å². The summed E-state index contributed by atoms with van der Waals surface area (Å²) in [6.45, 7) is 22.6. The first-order chi connectivity index (χ1) is 18.5. The maximum Gasteiger partial charge on any atom is 0.201 e. The first-order valence-corrected chi connectivity index (χ1v) is 16.2. The number of rotatable bonds is 10. The number of carbonyl (C=O) groups excluding carboxylic acids is 1. The number of aliphatic hydroxyl groups excluding tert-OH is 1. The first-order valence-electron chi connectivity index (χ1n) is 16.2. The lowest BCUT2D eigenvalue weighted by atomic mass is 9.73. The SMILES string of the molecule is CC[C@@H](C(=O)[C@@H](C)[C@@H](O)[C@H](C)[C@H]1O[C@@](O)(CC)[C@H](C)C[C@@H]1C)[C@H]1O[C@](C)([C@@]23O[C@@H](C)[C@@](CC)(C[C@H]2C)O3)C[C@@H]1C. The van der Waals surface area contributed by atoms with Crippen LogP contribution in [0.25, 0.3) is 0 Å². The van der Waals surface area contributed by atoms with E-state index in [1.165, 1.54) is 0 Å². The van der Waals surface area contributed by atoms with Gasteiger partial charge in [-0.3, -0.25) is 4.79 Å². The summed E-state index contributed by atoms with van der Waals surface area (Å²) in [5.74, 6) is -2.67. The molecule has 4 rings (SSSR count). The number of ketones is 1. The second-order valence-electron chi connectivity index (χ2n) is 14.5. The van der Waals surface area contributed by atoms with E-state index in [1.807, 2.05) is 34.6 Å². The van der Waals surface area contributed by atoms with E-state index in [0.717, 1.165) is 25.7 Å². The van der Waals surface area contributed by atoms with E-state index in [4.69, 9.17) is 18.9 Å². The number of carbonyl (C=O) groups is 1. The molecule has 232 valence electrons. The normalized spacial score (nSPS) is 50.1. The molecule has 0 spiro atoms. The van der Waals surface area contributed by atoms with Crippen molar-refractivity contribution in [2.24, 2.45) is 41.4 Å². The Balaban J connectivity index is 1.50. The van der Waals surface area contributed by atoms with Crippen molar-refractivity contribution in [3.8, 4) is 0 Å². The van der Waals surface area contributed by atoms with Crippen LogP contribution in [0.15, 0.2) is 0 Å². The Morgan fingerprint density at radius 2 is 1.55 bits per heavy atom. The molecule has 4 aliphatic rings. The zero-order valence-electron chi connectivity index (χ0n) is 27.0. The van der Waals surface area contributed by atoms with Crippen molar-refractivity contribution in [3.05, 3.63) is 0 Å². The maximum atomic E-state index is 14.1. The minimum absolute atomic E-state index is 0.00138. The Labute approximate surface area is 243 Å². The second kappa shape index (κ2) is 11.2. The van der Waals surface area contributed by atoms with E-state index in [-0.39, 0.29) is 65.2 Å². The molecule has 0 amide bonds. The lowest BCUT2D eigenvalue weighted by Crippen LogP contribution is -2.57. The van der Waals surface area contributed by atoms with E-state index in [1.54, 1.807) is 0 Å². The van der Waals surface area contributed by atoms with Gasteiger partial charge in [0.25, 0.3) is 0 Å². The molecule has 4 saturated heterocycles. The predicted octanol–water partition coefficient (Wildman–Crippen LogP) is 5.88. The number of aliphatic hydroxyl groups is 2. The number of ether oxygens (including phenoxy) is 4. The molecule has 0 unspecified atom stereocenters. The summed E-state index contributed by atoms with van der Waals surface area (Å²) < 4.78 is 26.6. The van der Waals surface area contributed by atoms with Gasteiger partial charge in [0.1, 0.15) is 11.4 Å². The molecule has 7 nitrogen and oxygen atoms in total. The number of hydrogen-bond acceptors (Lipinski definition) is 7. The molecule has 7 heteroatoms.